The quantitative estimate of drug-likeness (QED) is 0.733. The van der Waals surface area contributed by atoms with Crippen LogP contribution in [0.2, 0.25) is 0 Å². The van der Waals surface area contributed by atoms with Gasteiger partial charge in [-0.05, 0) is 32.6 Å². The van der Waals surface area contributed by atoms with E-state index in [2.05, 4.69) is 12.2 Å². The van der Waals surface area contributed by atoms with Crippen LogP contribution in [-0.4, -0.2) is 36.0 Å². The number of ether oxygens (including phenoxy) is 1. The van der Waals surface area contributed by atoms with E-state index in [-0.39, 0.29) is 0 Å². The van der Waals surface area contributed by atoms with Gasteiger partial charge in [0.25, 0.3) is 0 Å². The van der Waals surface area contributed by atoms with Crippen molar-refractivity contribution in [2.75, 3.05) is 13.2 Å². The monoisotopic (exact) mass is 229 g/mol. The van der Waals surface area contributed by atoms with Gasteiger partial charge in [-0.3, -0.25) is 0 Å². The fraction of sp³-hybridized carbons (Fsp3) is 1.00. The lowest BCUT2D eigenvalue weighted by Crippen LogP contribution is -2.45. The van der Waals surface area contributed by atoms with Gasteiger partial charge in [0, 0.05) is 19.2 Å². The molecule has 0 spiro atoms. The number of hydrogen-bond acceptors (Lipinski definition) is 3. The molecule has 0 radical (unpaired) electrons. The molecule has 16 heavy (non-hydrogen) atoms. The molecule has 0 aromatic rings. The second kappa shape index (κ2) is 6.58. The average molecular weight is 229 g/mol. The Kier molecular flexibility index (Phi) is 5.73. The number of aliphatic hydroxyl groups is 1. The predicted molar refractivity (Wildman–Crippen MR) is 66.6 cm³/mol. The third-order valence-corrected chi connectivity index (χ3v) is 3.51. The first-order valence-electron chi connectivity index (χ1n) is 6.64. The van der Waals surface area contributed by atoms with Crippen LogP contribution in [0.25, 0.3) is 0 Å². The standard InChI is InChI=1S/C13H27NO2/c1-4-6-12-9-11(7-8-16-12)14-10-13(3,15)5-2/h11-12,14-15H,4-10H2,1-3H3. The van der Waals surface area contributed by atoms with E-state index in [1.807, 2.05) is 13.8 Å². The van der Waals surface area contributed by atoms with E-state index in [1.165, 1.54) is 6.42 Å². The highest BCUT2D eigenvalue weighted by Crippen LogP contribution is 2.18. The Labute approximate surface area is 99.6 Å². The topological polar surface area (TPSA) is 41.5 Å². The van der Waals surface area contributed by atoms with E-state index in [1.54, 1.807) is 0 Å². The Morgan fingerprint density at radius 1 is 1.44 bits per heavy atom. The summed E-state index contributed by atoms with van der Waals surface area (Å²) in [4.78, 5) is 0. The summed E-state index contributed by atoms with van der Waals surface area (Å²) in [5, 5.41) is 13.4. The second-order valence-electron chi connectivity index (χ2n) is 5.23. The van der Waals surface area contributed by atoms with Crippen molar-refractivity contribution < 1.29 is 9.84 Å². The minimum Gasteiger partial charge on any atom is -0.389 e. The lowest BCUT2D eigenvalue weighted by molar-refractivity contribution is -0.0106. The fourth-order valence-electron chi connectivity index (χ4n) is 2.08. The van der Waals surface area contributed by atoms with Crippen LogP contribution in [-0.2, 0) is 4.74 Å². The Morgan fingerprint density at radius 2 is 2.19 bits per heavy atom. The van der Waals surface area contributed by atoms with Crippen molar-refractivity contribution in [1.82, 2.24) is 5.32 Å². The van der Waals surface area contributed by atoms with Gasteiger partial charge in [0.05, 0.1) is 11.7 Å². The molecule has 0 aliphatic carbocycles. The molecule has 3 nitrogen and oxygen atoms in total. The van der Waals surface area contributed by atoms with Crippen LogP contribution in [0.1, 0.15) is 52.9 Å². The molecule has 1 fully saturated rings. The van der Waals surface area contributed by atoms with E-state index < -0.39 is 5.60 Å². The van der Waals surface area contributed by atoms with Crippen LogP contribution in [0.5, 0.6) is 0 Å². The Morgan fingerprint density at radius 3 is 2.81 bits per heavy atom. The Balaban J connectivity index is 2.26. The predicted octanol–water partition coefficient (Wildman–Crippen LogP) is 2.08. The molecule has 1 aliphatic heterocycles. The van der Waals surface area contributed by atoms with E-state index in [4.69, 9.17) is 4.74 Å². The van der Waals surface area contributed by atoms with Crippen LogP contribution >= 0.6 is 0 Å². The van der Waals surface area contributed by atoms with Gasteiger partial charge >= 0.3 is 0 Å². The van der Waals surface area contributed by atoms with Gasteiger partial charge in [-0.1, -0.05) is 20.3 Å². The van der Waals surface area contributed by atoms with Crippen LogP contribution in [0.15, 0.2) is 0 Å². The van der Waals surface area contributed by atoms with Crippen molar-refractivity contribution in [3.05, 3.63) is 0 Å². The summed E-state index contributed by atoms with van der Waals surface area (Å²) in [6.45, 7) is 7.65. The van der Waals surface area contributed by atoms with Gasteiger partial charge in [-0.2, -0.15) is 0 Å². The van der Waals surface area contributed by atoms with Crippen molar-refractivity contribution >= 4 is 0 Å². The van der Waals surface area contributed by atoms with Crippen molar-refractivity contribution in [1.29, 1.82) is 0 Å². The molecule has 2 N–H and O–H groups in total. The second-order valence-corrected chi connectivity index (χ2v) is 5.23. The van der Waals surface area contributed by atoms with E-state index in [0.29, 0.717) is 18.7 Å². The molecular weight excluding hydrogens is 202 g/mol. The summed E-state index contributed by atoms with van der Waals surface area (Å²) in [5.74, 6) is 0. The largest absolute Gasteiger partial charge is 0.389 e. The normalized spacial score (nSPS) is 30.0. The highest BCUT2D eigenvalue weighted by atomic mass is 16.5. The summed E-state index contributed by atoms with van der Waals surface area (Å²) in [7, 11) is 0. The van der Waals surface area contributed by atoms with Crippen LogP contribution < -0.4 is 5.32 Å². The van der Waals surface area contributed by atoms with Crippen molar-refractivity contribution in [3.63, 3.8) is 0 Å². The Bertz CT molecular complexity index is 192. The number of hydrogen-bond donors (Lipinski definition) is 2. The molecule has 1 aliphatic rings. The van der Waals surface area contributed by atoms with Crippen molar-refractivity contribution in [2.45, 2.75) is 70.6 Å². The maximum absolute atomic E-state index is 9.93. The minimum atomic E-state index is -0.571. The molecule has 0 aromatic heterocycles. The first-order chi connectivity index (χ1) is 7.57. The molecule has 3 unspecified atom stereocenters. The molecule has 1 heterocycles. The first kappa shape index (κ1) is 13.9. The van der Waals surface area contributed by atoms with Crippen molar-refractivity contribution in [2.24, 2.45) is 0 Å². The molecule has 3 heteroatoms. The lowest BCUT2D eigenvalue weighted by Gasteiger charge is -2.32. The van der Waals surface area contributed by atoms with Crippen LogP contribution in [0.3, 0.4) is 0 Å². The fourth-order valence-corrected chi connectivity index (χ4v) is 2.08. The van der Waals surface area contributed by atoms with Gasteiger partial charge in [0.2, 0.25) is 0 Å². The number of nitrogens with one attached hydrogen (secondary N) is 1. The maximum Gasteiger partial charge on any atom is 0.0741 e. The van der Waals surface area contributed by atoms with Gasteiger partial charge in [0.15, 0.2) is 0 Å². The van der Waals surface area contributed by atoms with Gasteiger partial charge in [-0.25, -0.2) is 0 Å². The number of rotatable bonds is 6. The molecular formula is C13H27NO2. The van der Waals surface area contributed by atoms with Gasteiger partial charge in [-0.15, -0.1) is 0 Å². The zero-order valence-electron chi connectivity index (χ0n) is 11.0. The first-order valence-corrected chi connectivity index (χ1v) is 6.64. The van der Waals surface area contributed by atoms with Crippen molar-refractivity contribution in [3.8, 4) is 0 Å². The summed E-state index contributed by atoms with van der Waals surface area (Å²) in [5.41, 5.74) is -0.571. The summed E-state index contributed by atoms with van der Waals surface area (Å²) in [6.07, 6.45) is 5.71. The molecule has 1 saturated heterocycles. The van der Waals surface area contributed by atoms with Crippen LogP contribution in [0, 0.1) is 0 Å². The summed E-state index contributed by atoms with van der Waals surface area (Å²) >= 11 is 0. The minimum absolute atomic E-state index is 0.419. The molecule has 0 aromatic carbocycles. The average Bonchev–Trinajstić information content (AvgIpc) is 2.28. The molecule has 1 rings (SSSR count). The molecule has 0 bridgehead atoms. The molecule has 0 amide bonds. The molecule has 3 atom stereocenters. The maximum atomic E-state index is 9.93. The zero-order chi connectivity index (χ0) is 12.0. The third-order valence-electron chi connectivity index (χ3n) is 3.51. The Hall–Kier alpha value is -0.120. The molecule has 96 valence electrons. The zero-order valence-corrected chi connectivity index (χ0v) is 11.0. The van der Waals surface area contributed by atoms with E-state index >= 15 is 0 Å². The lowest BCUT2D eigenvalue weighted by atomic mass is 9.98. The highest BCUT2D eigenvalue weighted by Gasteiger charge is 2.24. The van der Waals surface area contributed by atoms with Crippen LogP contribution in [0.4, 0.5) is 0 Å². The highest BCUT2D eigenvalue weighted by molar-refractivity contribution is 4.81. The smallest absolute Gasteiger partial charge is 0.0741 e. The molecule has 0 saturated carbocycles. The summed E-state index contributed by atoms with van der Waals surface area (Å²) in [6, 6.07) is 0.517. The third kappa shape index (κ3) is 4.81. The van der Waals surface area contributed by atoms with E-state index in [9.17, 15) is 5.11 Å². The SMILES string of the molecule is CCCC1CC(NCC(C)(O)CC)CCO1. The van der Waals surface area contributed by atoms with E-state index in [0.717, 1.165) is 32.3 Å². The van der Waals surface area contributed by atoms with Gasteiger partial charge in [0.1, 0.15) is 0 Å². The summed E-state index contributed by atoms with van der Waals surface area (Å²) < 4.78 is 5.70. The van der Waals surface area contributed by atoms with Gasteiger partial charge < -0.3 is 15.2 Å².